The second-order valence-corrected chi connectivity index (χ2v) is 5.80. The molecule has 1 saturated heterocycles. The van der Waals surface area contributed by atoms with Crippen LogP contribution in [0.15, 0.2) is 15.0 Å². The molecule has 0 aromatic rings. The van der Waals surface area contributed by atoms with Gasteiger partial charge in [-0.05, 0) is 6.26 Å². The zero-order valence-corrected chi connectivity index (χ0v) is 11.7. The number of thioether (sulfide) groups is 1. The normalized spacial score (nSPS) is 43.0. The van der Waals surface area contributed by atoms with Crippen LogP contribution in [0.25, 0.3) is 0 Å². The van der Waals surface area contributed by atoms with E-state index in [4.69, 9.17) is 10.5 Å². The van der Waals surface area contributed by atoms with Gasteiger partial charge in [0, 0.05) is 5.75 Å². The van der Waals surface area contributed by atoms with Gasteiger partial charge in [-0.2, -0.15) is 11.8 Å². The average molecular weight is 299 g/mol. The van der Waals surface area contributed by atoms with Crippen LogP contribution in [0.3, 0.4) is 0 Å². The van der Waals surface area contributed by atoms with Gasteiger partial charge in [-0.25, -0.2) is 9.98 Å². The van der Waals surface area contributed by atoms with Crippen molar-refractivity contribution in [2.24, 2.45) is 20.7 Å². The molecule has 0 aromatic carbocycles. The van der Waals surface area contributed by atoms with Crippen molar-refractivity contribution in [3.8, 4) is 0 Å². The smallest absolute Gasteiger partial charge is 0.161 e. The number of nitrogens with zero attached hydrogens (tertiary/aromatic N) is 4. The number of aliphatic imine (C=N–C) groups is 3. The van der Waals surface area contributed by atoms with Gasteiger partial charge in [0.05, 0.1) is 12.4 Å². The van der Waals surface area contributed by atoms with Crippen LogP contribution >= 0.6 is 11.8 Å². The summed E-state index contributed by atoms with van der Waals surface area (Å²) in [5, 5.41) is 20.2. The van der Waals surface area contributed by atoms with Crippen LogP contribution in [-0.4, -0.2) is 82.4 Å². The highest BCUT2D eigenvalue weighted by molar-refractivity contribution is 7.98. The number of ether oxygens (including phenoxy) is 1. The number of fused-ring (bicyclic) bond motifs is 1. The molecule has 110 valence electrons. The molecule has 3 heterocycles. The Kier molecular flexibility index (Phi) is 3.67. The first kappa shape index (κ1) is 13.8. The van der Waals surface area contributed by atoms with E-state index in [1.54, 1.807) is 23.0 Å². The fourth-order valence-corrected chi connectivity index (χ4v) is 3.19. The quantitative estimate of drug-likeness (QED) is 0.568. The Bertz CT molecular complexity index is 471. The number of hydrogen-bond donors (Lipinski definition) is 3. The van der Waals surface area contributed by atoms with Gasteiger partial charge in [-0.15, -0.1) is 0 Å². The van der Waals surface area contributed by atoms with Crippen molar-refractivity contribution >= 4 is 30.3 Å². The lowest BCUT2D eigenvalue weighted by atomic mass is 10.1. The summed E-state index contributed by atoms with van der Waals surface area (Å²) < 4.78 is 5.75. The molecule has 1 fully saturated rings. The zero-order chi connectivity index (χ0) is 14.3. The second kappa shape index (κ2) is 5.32. The Morgan fingerprint density at radius 2 is 2.20 bits per heavy atom. The molecule has 0 bridgehead atoms. The van der Waals surface area contributed by atoms with Crippen molar-refractivity contribution in [2.75, 3.05) is 12.0 Å². The Morgan fingerprint density at radius 3 is 2.95 bits per heavy atom. The lowest BCUT2D eigenvalue weighted by Gasteiger charge is -2.31. The van der Waals surface area contributed by atoms with E-state index in [0.29, 0.717) is 11.6 Å². The van der Waals surface area contributed by atoms with Crippen LogP contribution < -0.4 is 5.73 Å². The summed E-state index contributed by atoms with van der Waals surface area (Å²) in [6, 6.07) is -0.354. The van der Waals surface area contributed by atoms with Crippen molar-refractivity contribution in [3.05, 3.63) is 0 Å². The molecule has 0 radical (unpaired) electrons. The molecular weight excluding hydrogens is 282 g/mol. The van der Waals surface area contributed by atoms with Gasteiger partial charge in [0.1, 0.15) is 30.4 Å². The summed E-state index contributed by atoms with van der Waals surface area (Å²) in [6.07, 6.45) is 1.49. The molecular formula is C11H17N5O3S. The van der Waals surface area contributed by atoms with Crippen LogP contribution in [0, 0.1) is 0 Å². The minimum absolute atomic E-state index is 0.354. The summed E-state index contributed by atoms with van der Waals surface area (Å²) in [6.45, 7) is 0. The molecule has 0 aliphatic carbocycles. The molecule has 3 rings (SSSR count). The molecule has 20 heavy (non-hydrogen) atoms. The average Bonchev–Trinajstić information content (AvgIpc) is 2.97. The van der Waals surface area contributed by atoms with Crippen LogP contribution in [0.5, 0.6) is 0 Å². The Balaban J connectivity index is 1.76. The summed E-state index contributed by atoms with van der Waals surface area (Å²) in [4.78, 5) is 14.1. The third-order valence-electron chi connectivity index (χ3n) is 3.64. The van der Waals surface area contributed by atoms with Crippen molar-refractivity contribution in [1.82, 2.24) is 4.90 Å². The predicted octanol–water partition coefficient (Wildman–Crippen LogP) is -1.77. The van der Waals surface area contributed by atoms with Gasteiger partial charge in [0.15, 0.2) is 12.4 Å². The summed E-state index contributed by atoms with van der Waals surface area (Å²) in [5.41, 5.74) is 5.78. The molecule has 0 aromatic heterocycles. The zero-order valence-electron chi connectivity index (χ0n) is 10.9. The second-order valence-electron chi connectivity index (χ2n) is 4.89. The van der Waals surface area contributed by atoms with Gasteiger partial charge < -0.3 is 25.6 Å². The number of hydrogen-bond acceptors (Lipinski definition) is 9. The fraction of sp³-hybridized carbons (Fsp3) is 0.727. The largest absolute Gasteiger partial charge is 0.387 e. The topological polar surface area (TPSA) is 116 Å². The first-order chi connectivity index (χ1) is 9.63. The van der Waals surface area contributed by atoms with E-state index in [2.05, 4.69) is 15.0 Å². The molecule has 0 saturated carbocycles. The monoisotopic (exact) mass is 299 g/mol. The number of nitrogens with two attached hydrogens (primary N) is 1. The minimum atomic E-state index is -1.01. The first-order valence-corrected chi connectivity index (χ1v) is 7.69. The Morgan fingerprint density at radius 1 is 1.40 bits per heavy atom. The Hall–Kier alpha value is -1.16. The Labute approximate surface area is 120 Å². The highest BCUT2D eigenvalue weighted by Gasteiger charge is 2.49. The minimum Gasteiger partial charge on any atom is -0.387 e. The molecule has 3 aliphatic rings. The van der Waals surface area contributed by atoms with Crippen molar-refractivity contribution < 1.29 is 14.9 Å². The van der Waals surface area contributed by atoms with E-state index in [1.165, 1.54) is 6.34 Å². The molecule has 9 heteroatoms. The van der Waals surface area contributed by atoms with E-state index in [-0.39, 0.29) is 12.2 Å². The maximum absolute atomic E-state index is 10.2. The van der Waals surface area contributed by atoms with Crippen LogP contribution in [0.1, 0.15) is 0 Å². The van der Waals surface area contributed by atoms with Gasteiger partial charge in [-0.1, -0.05) is 0 Å². The van der Waals surface area contributed by atoms with E-state index >= 15 is 0 Å². The van der Waals surface area contributed by atoms with Crippen molar-refractivity contribution in [2.45, 2.75) is 36.7 Å². The molecule has 6 unspecified atom stereocenters. The first-order valence-electron chi connectivity index (χ1n) is 6.29. The number of rotatable bonds is 3. The summed E-state index contributed by atoms with van der Waals surface area (Å²) in [5.74, 6) is 0.998. The van der Waals surface area contributed by atoms with E-state index < -0.39 is 24.5 Å². The van der Waals surface area contributed by atoms with Gasteiger partial charge in [0.2, 0.25) is 0 Å². The lowest BCUT2D eigenvalue weighted by Crippen LogP contribution is -2.51. The third-order valence-corrected chi connectivity index (χ3v) is 4.30. The van der Waals surface area contributed by atoms with Crippen molar-refractivity contribution in [1.29, 1.82) is 0 Å². The van der Waals surface area contributed by atoms with Gasteiger partial charge >= 0.3 is 0 Å². The van der Waals surface area contributed by atoms with Gasteiger partial charge in [-0.3, -0.25) is 4.99 Å². The van der Waals surface area contributed by atoms with Crippen LogP contribution in [0.2, 0.25) is 0 Å². The van der Waals surface area contributed by atoms with Crippen LogP contribution in [0.4, 0.5) is 0 Å². The molecule has 6 atom stereocenters. The molecule has 3 aliphatic heterocycles. The molecule has 0 amide bonds. The summed E-state index contributed by atoms with van der Waals surface area (Å²) in [7, 11) is 0. The molecule has 4 N–H and O–H groups in total. The molecule has 8 nitrogen and oxygen atoms in total. The number of aliphatic hydroxyl groups excluding tert-OH is 2. The number of amidine groups is 1. The van der Waals surface area contributed by atoms with Gasteiger partial charge in [0.25, 0.3) is 0 Å². The highest BCUT2D eigenvalue weighted by atomic mass is 32.2. The maximum atomic E-state index is 10.2. The van der Waals surface area contributed by atoms with Crippen LogP contribution in [-0.2, 0) is 4.74 Å². The van der Waals surface area contributed by atoms with Crippen molar-refractivity contribution in [3.63, 3.8) is 0 Å². The summed E-state index contributed by atoms with van der Waals surface area (Å²) >= 11 is 1.56. The third kappa shape index (κ3) is 2.10. The fourth-order valence-electron chi connectivity index (χ4n) is 2.58. The lowest BCUT2D eigenvalue weighted by molar-refractivity contribution is -0.0630. The van der Waals surface area contributed by atoms with E-state index in [9.17, 15) is 10.2 Å². The highest BCUT2D eigenvalue weighted by Crippen LogP contribution is 2.30. The maximum Gasteiger partial charge on any atom is 0.161 e. The predicted molar refractivity (Wildman–Crippen MR) is 77.1 cm³/mol. The number of aliphatic hydroxyl groups is 2. The van der Waals surface area contributed by atoms with E-state index in [1.807, 2.05) is 6.26 Å². The van der Waals surface area contributed by atoms with E-state index in [0.717, 1.165) is 0 Å². The standard InChI is InChI=1S/C11H17N5O3S/c1-20-2-5-7(17)8(18)11(19-5)16-4-15-6-9(12)13-3-14-10(6)16/h3-8,10-11,17-18H,2H2,1H3,(H2,12,13,14). The molecule has 0 spiro atoms. The SMILES string of the molecule is CSCC1OC(N2C=NC3C(N)=NC=NC32)C(O)C1O.